The molecule has 1 aromatic rings. The zero-order chi connectivity index (χ0) is 16.4. The average molecular weight is 392 g/mol. The molecular formula is C15H27BrN3O2P. The number of unbranched alkanes of at least 4 members (excludes halogenated alkanes) is 6. The van der Waals surface area contributed by atoms with Crippen LogP contribution in [0.3, 0.4) is 0 Å². The van der Waals surface area contributed by atoms with Crippen LogP contribution in [0.5, 0.6) is 0 Å². The summed E-state index contributed by atoms with van der Waals surface area (Å²) in [6.07, 6.45) is 11.1. The predicted molar refractivity (Wildman–Crippen MR) is 95.1 cm³/mol. The highest BCUT2D eigenvalue weighted by Crippen LogP contribution is 2.17. The summed E-state index contributed by atoms with van der Waals surface area (Å²) in [4.78, 5) is 11.5. The predicted octanol–water partition coefficient (Wildman–Crippen LogP) is 3.91. The first-order valence-electron chi connectivity index (χ1n) is 7.92. The van der Waals surface area contributed by atoms with Crippen molar-refractivity contribution in [3.8, 4) is 0 Å². The highest BCUT2D eigenvalue weighted by atomic mass is 79.9. The van der Waals surface area contributed by atoms with Crippen molar-refractivity contribution in [3.63, 3.8) is 0 Å². The van der Waals surface area contributed by atoms with E-state index in [-0.39, 0.29) is 5.97 Å². The van der Waals surface area contributed by atoms with Gasteiger partial charge in [0, 0.05) is 0 Å². The molecule has 1 unspecified atom stereocenters. The maximum absolute atomic E-state index is 11.5. The van der Waals surface area contributed by atoms with Gasteiger partial charge in [-0.3, -0.25) is 4.79 Å². The van der Waals surface area contributed by atoms with E-state index < -0.39 is 4.32 Å². The minimum absolute atomic E-state index is 0.185. The van der Waals surface area contributed by atoms with Crippen molar-refractivity contribution in [1.82, 2.24) is 14.8 Å². The van der Waals surface area contributed by atoms with Gasteiger partial charge in [-0.1, -0.05) is 53.2 Å². The molecule has 0 aliphatic carbocycles. The van der Waals surface area contributed by atoms with E-state index in [9.17, 15) is 4.79 Å². The van der Waals surface area contributed by atoms with Crippen molar-refractivity contribution in [3.05, 3.63) is 11.9 Å². The van der Waals surface area contributed by atoms with Crippen molar-refractivity contribution in [2.45, 2.75) is 69.5 Å². The molecule has 1 aromatic heterocycles. The third kappa shape index (κ3) is 8.84. The van der Waals surface area contributed by atoms with Crippen molar-refractivity contribution in [2.75, 3.05) is 6.61 Å². The molecule has 7 heteroatoms. The van der Waals surface area contributed by atoms with Gasteiger partial charge in [-0.2, -0.15) is 0 Å². The Morgan fingerprint density at radius 2 is 1.82 bits per heavy atom. The number of alkyl halides is 1. The fourth-order valence-electron chi connectivity index (χ4n) is 2.06. The fraction of sp³-hybridized carbons (Fsp3) is 0.800. The number of ether oxygens (including phenoxy) is 1. The molecule has 0 aliphatic heterocycles. The number of nitrogens with zero attached hydrogens (tertiary/aromatic N) is 3. The van der Waals surface area contributed by atoms with Crippen LogP contribution in [0.1, 0.15) is 64.5 Å². The van der Waals surface area contributed by atoms with E-state index in [2.05, 4.69) is 35.6 Å². The molecule has 1 heterocycles. The molecule has 5 nitrogen and oxygen atoms in total. The summed E-state index contributed by atoms with van der Waals surface area (Å²) in [6.45, 7) is 4.13. The second-order valence-electron chi connectivity index (χ2n) is 6.02. The molecule has 0 fully saturated rings. The van der Waals surface area contributed by atoms with Gasteiger partial charge in [0.1, 0.15) is 4.32 Å². The van der Waals surface area contributed by atoms with E-state index in [1.54, 1.807) is 18.3 Å². The monoisotopic (exact) mass is 391 g/mol. The van der Waals surface area contributed by atoms with E-state index in [0.29, 0.717) is 6.61 Å². The molecule has 0 radical (unpaired) electrons. The molecule has 0 amide bonds. The topological polar surface area (TPSA) is 57.0 Å². The van der Waals surface area contributed by atoms with Crippen LogP contribution in [0.15, 0.2) is 6.20 Å². The van der Waals surface area contributed by atoms with Crippen LogP contribution < -0.4 is 0 Å². The highest BCUT2D eigenvalue weighted by molar-refractivity contribution is 9.10. The fourth-order valence-corrected chi connectivity index (χ4v) is 2.39. The number of carbonyl (C=O) groups is 1. The number of hydrogen-bond donors (Lipinski definition) is 0. The summed E-state index contributed by atoms with van der Waals surface area (Å²) in [7, 11) is 2.49. The summed E-state index contributed by atoms with van der Waals surface area (Å²) < 4.78 is 6.29. The molecule has 1 atom stereocenters. The Kier molecular flexibility index (Phi) is 9.18. The van der Waals surface area contributed by atoms with Crippen LogP contribution in [0.2, 0.25) is 0 Å². The minimum Gasteiger partial charge on any atom is -0.465 e. The van der Waals surface area contributed by atoms with Gasteiger partial charge in [0.25, 0.3) is 0 Å². The smallest absolute Gasteiger partial charge is 0.322 e. The van der Waals surface area contributed by atoms with Gasteiger partial charge in [-0.05, 0) is 42.5 Å². The number of aromatic nitrogens is 3. The SMILES string of the molecule is CC(C)(Br)C(=O)OCCCCCCCCCc1cn(P)nn1. The van der Waals surface area contributed by atoms with E-state index in [0.717, 1.165) is 25.0 Å². The van der Waals surface area contributed by atoms with E-state index in [1.165, 1.54) is 32.1 Å². The molecular weight excluding hydrogens is 365 g/mol. The van der Waals surface area contributed by atoms with Gasteiger partial charge in [0.2, 0.25) is 0 Å². The second kappa shape index (κ2) is 10.3. The summed E-state index contributed by atoms with van der Waals surface area (Å²) in [6, 6.07) is 0. The number of hydrogen-bond acceptors (Lipinski definition) is 4. The average Bonchev–Trinajstić information content (AvgIpc) is 2.85. The molecule has 0 bridgehead atoms. The maximum Gasteiger partial charge on any atom is 0.322 e. The zero-order valence-electron chi connectivity index (χ0n) is 13.6. The lowest BCUT2D eigenvalue weighted by atomic mass is 10.1. The number of aryl methyl sites for hydroxylation is 1. The van der Waals surface area contributed by atoms with E-state index in [4.69, 9.17) is 4.74 Å². The van der Waals surface area contributed by atoms with Crippen LogP contribution in [-0.2, 0) is 16.0 Å². The number of halogens is 1. The first-order chi connectivity index (χ1) is 10.4. The molecule has 0 spiro atoms. The lowest BCUT2D eigenvalue weighted by Gasteiger charge is -2.14. The Hall–Kier alpha value is -0.480. The minimum atomic E-state index is -0.575. The Bertz CT molecular complexity index is 446. The van der Waals surface area contributed by atoms with Crippen molar-refractivity contribution in [2.24, 2.45) is 0 Å². The molecule has 0 N–H and O–H groups in total. The van der Waals surface area contributed by atoms with Gasteiger partial charge in [0.05, 0.1) is 18.5 Å². The van der Waals surface area contributed by atoms with Gasteiger partial charge in [-0.15, -0.1) is 5.10 Å². The van der Waals surface area contributed by atoms with Crippen molar-refractivity contribution >= 4 is 31.3 Å². The summed E-state index contributed by atoms with van der Waals surface area (Å²) in [5.41, 5.74) is 1.06. The highest BCUT2D eigenvalue weighted by Gasteiger charge is 2.24. The van der Waals surface area contributed by atoms with E-state index >= 15 is 0 Å². The van der Waals surface area contributed by atoms with Gasteiger partial charge >= 0.3 is 5.97 Å². The zero-order valence-corrected chi connectivity index (χ0v) is 16.3. The van der Waals surface area contributed by atoms with Crippen LogP contribution in [0.25, 0.3) is 0 Å². The normalized spacial score (nSPS) is 11.6. The quantitative estimate of drug-likeness (QED) is 0.248. The Labute approximate surface area is 143 Å². The molecule has 0 aliphatic rings. The molecule has 0 aromatic carbocycles. The number of esters is 1. The Morgan fingerprint density at radius 1 is 1.23 bits per heavy atom. The lowest BCUT2D eigenvalue weighted by molar-refractivity contribution is -0.145. The summed E-state index contributed by atoms with van der Waals surface area (Å²) in [5.74, 6) is -0.185. The van der Waals surface area contributed by atoms with Crippen LogP contribution >= 0.6 is 25.3 Å². The molecule has 126 valence electrons. The first kappa shape index (κ1) is 19.6. The van der Waals surface area contributed by atoms with Crippen molar-refractivity contribution in [1.29, 1.82) is 0 Å². The first-order valence-corrected chi connectivity index (χ1v) is 9.23. The molecule has 22 heavy (non-hydrogen) atoms. The summed E-state index contributed by atoms with van der Waals surface area (Å²) >= 11 is 3.29. The third-order valence-electron chi connectivity index (χ3n) is 3.35. The number of carbonyl (C=O) groups excluding carboxylic acids is 1. The van der Waals surface area contributed by atoms with E-state index in [1.807, 2.05) is 6.20 Å². The number of rotatable bonds is 11. The Balaban J connectivity index is 1.87. The molecule has 1 rings (SSSR count). The third-order valence-corrected chi connectivity index (χ3v) is 3.93. The second-order valence-corrected chi connectivity index (χ2v) is 8.53. The molecule has 0 saturated carbocycles. The van der Waals surface area contributed by atoms with Gasteiger partial charge in [0.15, 0.2) is 0 Å². The maximum atomic E-state index is 11.5. The standard InChI is InChI=1S/C15H27BrN3O2P/c1-15(2,16)14(20)21-11-9-7-5-3-4-6-8-10-13-12-19(22)18-17-13/h12H,3-11,22H2,1-2H3. The largest absolute Gasteiger partial charge is 0.465 e. The van der Waals surface area contributed by atoms with Crippen LogP contribution in [0, 0.1) is 0 Å². The van der Waals surface area contributed by atoms with Gasteiger partial charge < -0.3 is 4.74 Å². The van der Waals surface area contributed by atoms with Crippen LogP contribution in [0.4, 0.5) is 0 Å². The van der Waals surface area contributed by atoms with Crippen molar-refractivity contribution < 1.29 is 9.53 Å². The lowest BCUT2D eigenvalue weighted by Crippen LogP contribution is -2.26. The van der Waals surface area contributed by atoms with Gasteiger partial charge in [-0.25, -0.2) is 4.45 Å². The summed E-state index contributed by atoms with van der Waals surface area (Å²) in [5, 5.41) is 7.95. The Morgan fingerprint density at radius 3 is 2.36 bits per heavy atom. The molecule has 0 saturated heterocycles. The van der Waals surface area contributed by atoms with Crippen LogP contribution in [-0.4, -0.2) is 31.7 Å².